The summed E-state index contributed by atoms with van der Waals surface area (Å²) in [6.45, 7) is 3.55. The third-order valence-electron chi connectivity index (χ3n) is 4.07. The van der Waals surface area contributed by atoms with E-state index >= 15 is 0 Å². The Labute approximate surface area is 175 Å². The van der Waals surface area contributed by atoms with E-state index in [-0.39, 0.29) is 62.7 Å². The van der Waals surface area contributed by atoms with Gasteiger partial charge in [0.15, 0.2) is 0 Å². The number of hydrogen-bond acceptors (Lipinski definition) is 6. The van der Waals surface area contributed by atoms with E-state index in [0.717, 1.165) is 0 Å². The summed E-state index contributed by atoms with van der Waals surface area (Å²) in [6, 6.07) is 2.43. The number of pyridine rings is 1. The molecule has 1 N–H and O–H groups in total. The first-order chi connectivity index (χ1) is 9.84. The van der Waals surface area contributed by atoms with Crippen LogP contribution in [0.4, 0.5) is 0 Å². The Bertz CT molecular complexity index is 598. The summed E-state index contributed by atoms with van der Waals surface area (Å²) in [6.07, 6.45) is 2.13. The summed E-state index contributed by atoms with van der Waals surface area (Å²) in [4.78, 5) is 28.9. The molecule has 2 aliphatic heterocycles. The van der Waals surface area contributed by atoms with E-state index in [1.807, 2.05) is 0 Å². The van der Waals surface area contributed by atoms with Gasteiger partial charge >= 0.3 is 51.4 Å². The van der Waals surface area contributed by atoms with Gasteiger partial charge in [-0.25, -0.2) is 0 Å². The number of β-lactam (4-membered cyclic amide) rings is 1. The van der Waals surface area contributed by atoms with E-state index < -0.39 is 28.8 Å². The van der Waals surface area contributed by atoms with Crippen molar-refractivity contribution >= 4 is 23.6 Å². The minimum absolute atomic E-state index is 0. The Morgan fingerprint density at radius 3 is 2.77 bits per heavy atom. The summed E-state index contributed by atoms with van der Waals surface area (Å²) < 4.78 is -0.636. The molecule has 2 saturated heterocycles. The first kappa shape index (κ1) is 18.4. The van der Waals surface area contributed by atoms with Crippen molar-refractivity contribution in [2.45, 2.75) is 36.1 Å². The number of carbonyl (C=O) groups is 2. The Morgan fingerprint density at radius 2 is 2.23 bits per heavy atom. The monoisotopic (exact) mass is 346 g/mol. The number of thioether (sulfide) groups is 1. The molecule has 0 spiro atoms. The molecular formula is C14H15KN2O4S. The van der Waals surface area contributed by atoms with Crippen LogP contribution in [0.2, 0.25) is 0 Å². The van der Waals surface area contributed by atoms with Crippen molar-refractivity contribution in [3.05, 3.63) is 30.1 Å². The number of amides is 1. The summed E-state index contributed by atoms with van der Waals surface area (Å²) in [5.74, 6) is -2.23. The zero-order chi connectivity index (χ0) is 15.4. The van der Waals surface area contributed by atoms with E-state index in [1.165, 1.54) is 22.9 Å². The Hall–Kier alpha value is 0.0364. The van der Waals surface area contributed by atoms with Crippen LogP contribution in [0.1, 0.15) is 25.5 Å². The van der Waals surface area contributed by atoms with E-state index in [4.69, 9.17) is 0 Å². The number of hydrogen-bond donors (Lipinski definition) is 1. The molecule has 0 bridgehead atoms. The van der Waals surface area contributed by atoms with Gasteiger partial charge < -0.3 is 19.9 Å². The van der Waals surface area contributed by atoms with Gasteiger partial charge in [-0.15, -0.1) is 11.8 Å². The van der Waals surface area contributed by atoms with E-state index in [0.29, 0.717) is 5.56 Å². The zero-order valence-electron chi connectivity index (χ0n) is 12.6. The average Bonchev–Trinajstić information content (AvgIpc) is 2.68. The van der Waals surface area contributed by atoms with Crippen molar-refractivity contribution in [3.63, 3.8) is 0 Å². The van der Waals surface area contributed by atoms with Crippen LogP contribution < -0.4 is 56.5 Å². The van der Waals surface area contributed by atoms with Crippen LogP contribution in [0.15, 0.2) is 24.5 Å². The second kappa shape index (κ2) is 6.50. The van der Waals surface area contributed by atoms with Crippen molar-refractivity contribution in [1.29, 1.82) is 0 Å². The summed E-state index contributed by atoms with van der Waals surface area (Å²) in [5.41, 5.74) is 0.561. The maximum Gasteiger partial charge on any atom is 1.00 e. The van der Waals surface area contributed by atoms with Gasteiger partial charge in [-0.2, -0.15) is 0 Å². The summed E-state index contributed by atoms with van der Waals surface area (Å²) in [5, 5.41) is 21.4. The molecule has 3 heterocycles. The Morgan fingerprint density at radius 1 is 1.55 bits per heavy atom. The van der Waals surface area contributed by atoms with E-state index in [1.54, 1.807) is 32.2 Å². The number of aliphatic hydroxyl groups is 1. The van der Waals surface area contributed by atoms with E-state index in [2.05, 4.69) is 4.98 Å². The van der Waals surface area contributed by atoms with Crippen LogP contribution >= 0.6 is 11.8 Å². The van der Waals surface area contributed by atoms with Gasteiger partial charge in [-0.3, -0.25) is 9.78 Å². The molecule has 1 amide bonds. The van der Waals surface area contributed by atoms with Crippen LogP contribution in [-0.4, -0.2) is 43.0 Å². The molecule has 6 nitrogen and oxygen atoms in total. The maximum absolute atomic E-state index is 12.3. The van der Waals surface area contributed by atoms with Crippen LogP contribution in [0.3, 0.4) is 0 Å². The number of carboxylic acids is 1. The van der Waals surface area contributed by atoms with Crippen molar-refractivity contribution < 1.29 is 71.2 Å². The second-order valence-electron chi connectivity index (χ2n) is 5.84. The van der Waals surface area contributed by atoms with Gasteiger partial charge in [0.2, 0.25) is 5.91 Å². The van der Waals surface area contributed by atoms with Gasteiger partial charge in [-0.1, -0.05) is 6.07 Å². The quantitative estimate of drug-likeness (QED) is 0.452. The maximum atomic E-state index is 12.3. The fourth-order valence-corrected chi connectivity index (χ4v) is 4.78. The minimum Gasteiger partial charge on any atom is -0.548 e. The molecule has 3 rings (SSSR count). The van der Waals surface area contributed by atoms with Crippen LogP contribution in [-0.2, 0) is 9.59 Å². The fraction of sp³-hybridized carbons (Fsp3) is 0.500. The number of carbonyl (C=O) groups excluding carboxylic acids is 2. The molecule has 0 aliphatic carbocycles. The molecule has 2 fully saturated rings. The number of aromatic nitrogens is 1. The molecule has 1 aromatic rings. The number of nitrogens with zero attached hydrogens (tertiary/aromatic N) is 2. The number of aliphatic hydroxyl groups excluding tert-OH is 1. The molecule has 112 valence electrons. The topological polar surface area (TPSA) is 93.6 Å². The van der Waals surface area contributed by atoms with E-state index in [9.17, 15) is 19.8 Å². The van der Waals surface area contributed by atoms with Crippen LogP contribution in [0, 0.1) is 5.92 Å². The Kier molecular flexibility index (Phi) is 5.43. The number of carboxylic acid groups (broad SMARTS) is 1. The average molecular weight is 346 g/mol. The number of rotatable bonds is 3. The molecule has 0 aromatic carbocycles. The molecule has 8 heteroatoms. The molecule has 4 atom stereocenters. The van der Waals surface area contributed by atoms with Gasteiger partial charge in [0.1, 0.15) is 0 Å². The SMILES string of the molecule is CC1(C)S[C@@H]2[C@@H]([C@H](O)c3cccnc3)C(=O)N2[C@H]1C(=O)[O-].[K+]. The van der Waals surface area contributed by atoms with Gasteiger partial charge in [0.05, 0.1) is 29.4 Å². The first-order valence-electron chi connectivity index (χ1n) is 6.63. The van der Waals surface area contributed by atoms with Gasteiger partial charge in [0, 0.05) is 17.1 Å². The zero-order valence-corrected chi connectivity index (χ0v) is 16.5. The van der Waals surface area contributed by atoms with Crippen molar-refractivity contribution in [2.24, 2.45) is 5.92 Å². The smallest absolute Gasteiger partial charge is 0.548 e. The molecule has 1 aromatic heterocycles. The third kappa shape index (κ3) is 2.79. The molecule has 22 heavy (non-hydrogen) atoms. The number of fused-ring (bicyclic) bond motifs is 1. The largest absolute Gasteiger partial charge is 1.00 e. The van der Waals surface area contributed by atoms with Gasteiger partial charge in [0.25, 0.3) is 0 Å². The standard InChI is InChI=1S/C14H16N2O4S.K/c1-14(2)10(13(19)20)16-11(18)8(12(16)21-14)9(17)7-4-3-5-15-6-7;/h3-6,8-10,12,17H,1-2H3,(H,19,20);/q;+1/p-1/t8-,9+,10-,12+;/m0./s1. The van der Waals surface area contributed by atoms with Crippen molar-refractivity contribution in [1.82, 2.24) is 9.88 Å². The summed E-state index contributed by atoms with van der Waals surface area (Å²) >= 11 is 1.39. The summed E-state index contributed by atoms with van der Waals surface area (Å²) in [7, 11) is 0. The third-order valence-corrected chi connectivity index (χ3v) is 5.66. The normalized spacial score (nSPS) is 30.0. The number of aliphatic carboxylic acids is 1. The second-order valence-corrected chi connectivity index (χ2v) is 7.61. The van der Waals surface area contributed by atoms with Crippen molar-refractivity contribution in [3.8, 4) is 0 Å². The van der Waals surface area contributed by atoms with Crippen molar-refractivity contribution in [2.75, 3.05) is 0 Å². The van der Waals surface area contributed by atoms with Crippen LogP contribution in [0.5, 0.6) is 0 Å². The fourth-order valence-electron chi connectivity index (χ4n) is 3.07. The predicted octanol–water partition coefficient (Wildman–Crippen LogP) is -3.45. The molecule has 2 aliphatic rings. The molecule has 0 unspecified atom stereocenters. The first-order valence-corrected chi connectivity index (χ1v) is 7.51. The predicted molar refractivity (Wildman–Crippen MR) is 73.8 cm³/mol. The molecule has 0 radical (unpaired) electrons. The minimum atomic E-state index is -1.25. The Balaban J connectivity index is 0.00000176. The molecule has 0 saturated carbocycles. The van der Waals surface area contributed by atoms with Crippen LogP contribution in [0.25, 0.3) is 0 Å². The molecular weight excluding hydrogens is 331 g/mol. The van der Waals surface area contributed by atoms with Gasteiger partial charge in [-0.05, 0) is 25.5 Å².